The largest absolute Gasteiger partial charge is 0.389 e. The van der Waals surface area contributed by atoms with Crippen LogP contribution in [0.3, 0.4) is 0 Å². The Hall–Kier alpha value is -2.28. The summed E-state index contributed by atoms with van der Waals surface area (Å²) in [7, 11) is 0. The van der Waals surface area contributed by atoms with Crippen LogP contribution < -0.4 is 21.7 Å². The topological polar surface area (TPSA) is 116 Å². The zero-order chi connectivity index (χ0) is 14.3. The van der Waals surface area contributed by atoms with Crippen LogP contribution >= 0.6 is 0 Å². The van der Waals surface area contributed by atoms with Gasteiger partial charge in [-0.1, -0.05) is 12.1 Å². The number of hydrogen-bond acceptors (Lipinski definition) is 3. The molecule has 0 saturated heterocycles. The number of nitrogens with two attached hydrogens (primary N) is 1. The Labute approximate surface area is 111 Å². The van der Waals surface area contributed by atoms with Crippen LogP contribution in [0.5, 0.6) is 0 Å². The monoisotopic (exact) mass is 266 g/mol. The number of aliphatic hydroxyl groups excluding tert-OH is 1. The summed E-state index contributed by atoms with van der Waals surface area (Å²) in [6.07, 6.45) is -0.539. The van der Waals surface area contributed by atoms with E-state index < -0.39 is 12.1 Å². The van der Waals surface area contributed by atoms with Crippen LogP contribution in [0.25, 0.3) is 0 Å². The van der Waals surface area contributed by atoms with Crippen molar-refractivity contribution in [2.24, 2.45) is 5.73 Å². The van der Waals surface area contributed by atoms with Crippen LogP contribution in [0.1, 0.15) is 18.6 Å². The quantitative estimate of drug-likeness (QED) is 0.500. The highest BCUT2D eigenvalue weighted by Gasteiger charge is 2.03. The Morgan fingerprint density at radius 3 is 2.32 bits per heavy atom. The van der Waals surface area contributed by atoms with Crippen molar-refractivity contribution in [2.75, 3.05) is 18.4 Å². The number of carbonyl (C=O) groups excluding carboxylic acids is 2. The van der Waals surface area contributed by atoms with Gasteiger partial charge in [0.2, 0.25) is 0 Å². The number of aliphatic hydroxyl groups is 1. The molecule has 0 saturated carbocycles. The average Bonchev–Trinajstić information content (AvgIpc) is 2.35. The Bertz CT molecular complexity index is 431. The van der Waals surface area contributed by atoms with E-state index in [2.05, 4.69) is 16.0 Å². The maximum atomic E-state index is 11.5. The first-order chi connectivity index (χ1) is 8.99. The molecular formula is C12H18N4O3. The molecule has 19 heavy (non-hydrogen) atoms. The van der Waals surface area contributed by atoms with Gasteiger partial charge in [-0.3, -0.25) is 0 Å². The molecule has 0 aliphatic carbocycles. The van der Waals surface area contributed by atoms with Crippen molar-refractivity contribution >= 4 is 17.7 Å². The van der Waals surface area contributed by atoms with Crippen molar-refractivity contribution in [2.45, 2.75) is 13.0 Å². The molecule has 104 valence electrons. The highest BCUT2D eigenvalue weighted by atomic mass is 16.3. The Balaban J connectivity index is 2.33. The minimum atomic E-state index is -0.629. The Morgan fingerprint density at radius 2 is 1.79 bits per heavy atom. The van der Waals surface area contributed by atoms with E-state index in [9.17, 15) is 14.7 Å². The second kappa shape index (κ2) is 7.22. The minimum absolute atomic E-state index is 0.268. The van der Waals surface area contributed by atoms with Gasteiger partial charge in [-0.15, -0.1) is 0 Å². The van der Waals surface area contributed by atoms with E-state index in [-0.39, 0.29) is 19.1 Å². The van der Waals surface area contributed by atoms with Crippen molar-refractivity contribution in [3.05, 3.63) is 29.8 Å². The number of rotatable bonds is 5. The Kier molecular flexibility index (Phi) is 5.62. The summed E-state index contributed by atoms with van der Waals surface area (Å²) in [6, 6.07) is 5.85. The number of primary amides is 1. The molecule has 7 nitrogen and oxygen atoms in total. The van der Waals surface area contributed by atoms with Crippen LogP contribution in [-0.4, -0.2) is 30.3 Å². The fourth-order valence-corrected chi connectivity index (χ4v) is 1.38. The summed E-state index contributed by atoms with van der Waals surface area (Å²) in [6.45, 7) is 2.21. The third-order valence-corrected chi connectivity index (χ3v) is 2.36. The first-order valence-corrected chi connectivity index (χ1v) is 5.85. The third-order valence-electron chi connectivity index (χ3n) is 2.36. The predicted molar refractivity (Wildman–Crippen MR) is 71.7 cm³/mol. The van der Waals surface area contributed by atoms with Crippen LogP contribution in [0.15, 0.2) is 24.3 Å². The van der Waals surface area contributed by atoms with Crippen LogP contribution in [0.2, 0.25) is 0 Å². The molecule has 1 aromatic carbocycles. The molecule has 0 aliphatic heterocycles. The second-order valence-electron chi connectivity index (χ2n) is 3.97. The van der Waals surface area contributed by atoms with E-state index in [0.29, 0.717) is 5.69 Å². The van der Waals surface area contributed by atoms with Gasteiger partial charge in [0.15, 0.2) is 0 Å². The van der Waals surface area contributed by atoms with E-state index in [4.69, 9.17) is 5.73 Å². The van der Waals surface area contributed by atoms with Gasteiger partial charge in [-0.05, 0) is 24.6 Å². The van der Waals surface area contributed by atoms with Crippen molar-refractivity contribution in [3.63, 3.8) is 0 Å². The summed E-state index contributed by atoms with van der Waals surface area (Å²) in [5, 5.41) is 16.9. The zero-order valence-corrected chi connectivity index (χ0v) is 10.6. The van der Waals surface area contributed by atoms with Gasteiger partial charge < -0.3 is 26.8 Å². The van der Waals surface area contributed by atoms with Crippen molar-refractivity contribution in [1.82, 2.24) is 10.6 Å². The molecule has 1 atom stereocenters. The van der Waals surface area contributed by atoms with E-state index >= 15 is 0 Å². The fraction of sp³-hybridized carbons (Fsp3) is 0.333. The minimum Gasteiger partial charge on any atom is -0.389 e. The molecular weight excluding hydrogens is 248 g/mol. The summed E-state index contributed by atoms with van der Waals surface area (Å²) in [5.74, 6) is 0. The lowest BCUT2D eigenvalue weighted by molar-refractivity contribution is 0.199. The van der Waals surface area contributed by atoms with Gasteiger partial charge in [-0.25, -0.2) is 9.59 Å². The molecule has 6 N–H and O–H groups in total. The number of carbonyl (C=O) groups is 2. The molecule has 0 bridgehead atoms. The van der Waals surface area contributed by atoms with E-state index in [1.807, 2.05) is 0 Å². The summed E-state index contributed by atoms with van der Waals surface area (Å²) >= 11 is 0. The number of nitrogens with one attached hydrogen (secondary N) is 3. The summed E-state index contributed by atoms with van der Waals surface area (Å²) < 4.78 is 0. The average molecular weight is 266 g/mol. The van der Waals surface area contributed by atoms with Crippen molar-refractivity contribution in [3.8, 4) is 0 Å². The van der Waals surface area contributed by atoms with Gasteiger partial charge in [-0.2, -0.15) is 0 Å². The number of anilines is 1. The number of benzene rings is 1. The number of hydrogen-bond donors (Lipinski definition) is 5. The lowest BCUT2D eigenvalue weighted by Crippen LogP contribution is -2.38. The SMILES string of the molecule is CC(O)c1ccc(NC(=O)NCCNC(N)=O)cc1. The molecule has 0 aliphatic rings. The lowest BCUT2D eigenvalue weighted by Gasteiger charge is -2.09. The summed E-state index contributed by atoms with van der Waals surface area (Å²) in [4.78, 5) is 21.8. The molecule has 1 unspecified atom stereocenters. The maximum absolute atomic E-state index is 11.5. The van der Waals surface area contributed by atoms with Crippen molar-refractivity contribution in [1.29, 1.82) is 0 Å². The lowest BCUT2D eigenvalue weighted by atomic mass is 10.1. The summed E-state index contributed by atoms with van der Waals surface area (Å²) in [5.41, 5.74) is 6.26. The molecule has 0 radical (unpaired) electrons. The zero-order valence-electron chi connectivity index (χ0n) is 10.6. The predicted octanol–water partition coefficient (Wildman–Crippen LogP) is 0.530. The molecule has 0 fully saturated rings. The van der Waals surface area contributed by atoms with Gasteiger partial charge in [0.1, 0.15) is 0 Å². The first-order valence-electron chi connectivity index (χ1n) is 5.85. The van der Waals surface area contributed by atoms with Crippen LogP contribution in [-0.2, 0) is 0 Å². The molecule has 0 heterocycles. The van der Waals surface area contributed by atoms with Crippen molar-refractivity contribution < 1.29 is 14.7 Å². The van der Waals surface area contributed by atoms with Gasteiger partial charge in [0.25, 0.3) is 0 Å². The molecule has 1 aromatic rings. The normalized spacial score (nSPS) is 11.5. The molecule has 4 amide bonds. The third kappa shape index (κ3) is 5.73. The van der Waals surface area contributed by atoms with Crippen LogP contribution in [0, 0.1) is 0 Å². The van der Waals surface area contributed by atoms with Crippen LogP contribution in [0.4, 0.5) is 15.3 Å². The van der Waals surface area contributed by atoms with Gasteiger partial charge in [0.05, 0.1) is 6.10 Å². The van der Waals surface area contributed by atoms with Gasteiger partial charge in [0, 0.05) is 18.8 Å². The second-order valence-corrected chi connectivity index (χ2v) is 3.97. The van der Waals surface area contributed by atoms with E-state index in [1.54, 1.807) is 31.2 Å². The highest BCUT2D eigenvalue weighted by Crippen LogP contribution is 2.15. The Morgan fingerprint density at radius 1 is 1.21 bits per heavy atom. The standard InChI is InChI=1S/C12H18N4O3/c1-8(17)9-2-4-10(5-3-9)16-12(19)15-7-6-14-11(13)18/h2-5,8,17H,6-7H2,1H3,(H3,13,14,18)(H2,15,16,19). The maximum Gasteiger partial charge on any atom is 0.319 e. The highest BCUT2D eigenvalue weighted by molar-refractivity contribution is 5.89. The first kappa shape index (κ1) is 14.8. The molecule has 7 heteroatoms. The van der Waals surface area contributed by atoms with E-state index in [1.165, 1.54) is 0 Å². The molecule has 1 rings (SSSR count). The smallest absolute Gasteiger partial charge is 0.319 e. The number of amides is 4. The van der Waals surface area contributed by atoms with E-state index in [0.717, 1.165) is 5.56 Å². The number of urea groups is 2. The molecule has 0 aromatic heterocycles. The molecule has 0 spiro atoms. The van der Waals surface area contributed by atoms with Gasteiger partial charge >= 0.3 is 12.1 Å². The fourth-order valence-electron chi connectivity index (χ4n) is 1.38.